The zero-order valence-corrected chi connectivity index (χ0v) is 15.8. The summed E-state index contributed by atoms with van der Waals surface area (Å²) >= 11 is 0. The summed E-state index contributed by atoms with van der Waals surface area (Å²) in [5.41, 5.74) is 1.35. The van der Waals surface area contributed by atoms with E-state index in [0.717, 1.165) is 21.6 Å². The number of nitrogens with zero attached hydrogens (tertiary/aromatic N) is 3. The minimum atomic E-state index is -4.49. The van der Waals surface area contributed by atoms with Crippen molar-refractivity contribution in [1.29, 1.82) is 0 Å². The molecule has 1 aromatic heterocycles. The number of benzene rings is 1. The van der Waals surface area contributed by atoms with Gasteiger partial charge >= 0.3 is 6.18 Å². The highest BCUT2D eigenvalue weighted by molar-refractivity contribution is 5.79. The standard InChI is InChI=1S/C18H24F3N5O/c1-12-5-6-15(27-4)13(9-12)7-8-23-17(22-2)24-10-14-11-26(3)25-16(14)18(19,20)21/h5-6,9,11H,7-8,10H2,1-4H3,(H2,22,23,24). The van der Waals surface area contributed by atoms with Crippen LogP contribution in [0.15, 0.2) is 29.4 Å². The number of methoxy groups -OCH3 is 1. The number of rotatable bonds is 6. The molecule has 0 saturated heterocycles. The van der Waals surface area contributed by atoms with Crippen LogP contribution in [-0.2, 0) is 26.2 Å². The molecule has 0 saturated carbocycles. The van der Waals surface area contributed by atoms with E-state index in [2.05, 4.69) is 20.7 Å². The van der Waals surface area contributed by atoms with Gasteiger partial charge in [0.15, 0.2) is 11.7 Å². The highest BCUT2D eigenvalue weighted by Gasteiger charge is 2.36. The molecule has 0 amide bonds. The largest absolute Gasteiger partial charge is 0.496 e. The molecular formula is C18H24F3N5O. The van der Waals surface area contributed by atoms with E-state index in [1.165, 1.54) is 13.2 Å². The Morgan fingerprint density at radius 3 is 2.63 bits per heavy atom. The van der Waals surface area contributed by atoms with Gasteiger partial charge in [-0.1, -0.05) is 17.7 Å². The third-order valence-corrected chi connectivity index (χ3v) is 3.97. The first-order valence-electron chi connectivity index (χ1n) is 8.42. The Hall–Kier alpha value is -2.71. The zero-order chi connectivity index (χ0) is 20.0. The molecule has 1 heterocycles. The van der Waals surface area contributed by atoms with Crippen LogP contribution in [0.4, 0.5) is 13.2 Å². The molecule has 148 valence electrons. The van der Waals surface area contributed by atoms with Gasteiger partial charge in [0, 0.05) is 38.9 Å². The van der Waals surface area contributed by atoms with Gasteiger partial charge in [0.2, 0.25) is 0 Å². The van der Waals surface area contributed by atoms with Gasteiger partial charge in [-0.25, -0.2) is 0 Å². The first-order valence-corrected chi connectivity index (χ1v) is 8.42. The number of alkyl halides is 3. The van der Waals surface area contributed by atoms with E-state index < -0.39 is 11.9 Å². The van der Waals surface area contributed by atoms with Crippen molar-refractivity contribution in [1.82, 2.24) is 20.4 Å². The number of guanidine groups is 1. The summed E-state index contributed by atoms with van der Waals surface area (Å²) in [5, 5.41) is 9.48. The van der Waals surface area contributed by atoms with E-state index in [4.69, 9.17) is 4.74 Å². The van der Waals surface area contributed by atoms with Crippen molar-refractivity contribution in [3.63, 3.8) is 0 Å². The molecule has 0 aliphatic carbocycles. The Balaban J connectivity index is 1.93. The molecule has 0 unspecified atom stereocenters. The third-order valence-electron chi connectivity index (χ3n) is 3.97. The fourth-order valence-electron chi connectivity index (χ4n) is 2.72. The predicted molar refractivity (Wildman–Crippen MR) is 97.8 cm³/mol. The summed E-state index contributed by atoms with van der Waals surface area (Å²) in [6.07, 6.45) is -2.45. The van der Waals surface area contributed by atoms with E-state index >= 15 is 0 Å². The van der Waals surface area contributed by atoms with Gasteiger partial charge in [0.05, 0.1) is 7.11 Å². The van der Waals surface area contributed by atoms with Crippen LogP contribution in [0.5, 0.6) is 5.75 Å². The summed E-state index contributed by atoms with van der Waals surface area (Å²) < 4.78 is 45.5. The average molecular weight is 383 g/mol. The van der Waals surface area contributed by atoms with Gasteiger partial charge < -0.3 is 15.4 Å². The predicted octanol–water partition coefficient (Wildman–Crippen LogP) is 2.66. The Bertz CT molecular complexity index is 799. The second-order valence-electron chi connectivity index (χ2n) is 6.09. The molecule has 1 aromatic carbocycles. The Kier molecular flexibility index (Phi) is 6.70. The molecule has 0 fully saturated rings. The topological polar surface area (TPSA) is 63.5 Å². The number of hydrogen-bond donors (Lipinski definition) is 2. The highest BCUT2D eigenvalue weighted by Crippen LogP contribution is 2.30. The summed E-state index contributed by atoms with van der Waals surface area (Å²) in [5.74, 6) is 1.22. The lowest BCUT2D eigenvalue weighted by molar-refractivity contribution is -0.142. The summed E-state index contributed by atoms with van der Waals surface area (Å²) in [7, 11) is 4.64. The van der Waals surface area contributed by atoms with Crippen LogP contribution in [0.25, 0.3) is 0 Å². The first-order chi connectivity index (χ1) is 12.7. The first kappa shape index (κ1) is 20.6. The fraction of sp³-hybridized carbons (Fsp3) is 0.444. The number of nitrogens with one attached hydrogen (secondary N) is 2. The quantitative estimate of drug-likeness (QED) is 0.595. The normalized spacial score (nSPS) is 12.2. The highest BCUT2D eigenvalue weighted by atomic mass is 19.4. The molecule has 9 heteroatoms. The van der Waals surface area contributed by atoms with Crippen LogP contribution in [0.3, 0.4) is 0 Å². The third kappa shape index (κ3) is 5.63. The van der Waals surface area contributed by atoms with Crippen LogP contribution >= 0.6 is 0 Å². The van der Waals surface area contributed by atoms with Gasteiger partial charge in [-0.15, -0.1) is 0 Å². The number of aliphatic imine (C=N–C) groups is 1. The molecule has 27 heavy (non-hydrogen) atoms. The van der Waals surface area contributed by atoms with E-state index in [1.54, 1.807) is 14.2 Å². The van der Waals surface area contributed by atoms with E-state index in [-0.39, 0.29) is 12.1 Å². The van der Waals surface area contributed by atoms with Crippen LogP contribution in [-0.4, -0.2) is 36.4 Å². The summed E-state index contributed by atoms with van der Waals surface area (Å²) in [6.45, 7) is 2.53. The van der Waals surface area contributed by atoms with Gasteiger partial charge in [-0.05, 0) is 25.0 Å². The van der Waals surface area contributed by atoms with Crippen LogP contribution in [0.1, 0.15) is 22.4 Å². The van der Waals surface area contributed by atoms with E-state index in [9.17, 15) is 13.2 Å². The van der Waals surface area contributed by atoms with Crippen molar-refractivity contribution < 1.29 is 17.9 Å². The maximum atomic E-state index is 13.0. The van der Waals surface area contributed by atoms with Crippen molar-refractivity contribution >= 4 is 5.96 Å². The molecule has 2 N–H and O–H groups in total. The van der Waals surface area contributed by atoms with Crippen molar-refractivity contribution in [3.8, 4) is 5.75 Å². The lowest BCUT2D eigenvalue weighted by Crippen LogP contribution is -2.38. The summed E-state index contributed by atoms with van der Waals surface area (Å²) in [4.78, 5) is 4.05. The van der Waals surface area contributed by atoms with Crippen molar-refractivity contribution in [2.24, 2.45) is 12.0 Å². The smallest absolute Gasteiger partial charge is 0.435 e. The molecule has 0 aliphatic heterocycles. The number of hydrogen-bond acceptors (Lipinski definition) is 3. The van der Waals surface area contributed by atoms with Gasteiger partial charge in [-0.2, -0.15) is 18.3 Å². The van der Waals surface area contributed by atoms with Crippen LogP contribution in [0.2, 0.25) is 0 Å². The Morgan fingerprint density at radius 2 is 2.00 bits per heavy atom. The maximum Gasteiger partial charge on any atom is 0.435 e. The lowest BCUT2D eigenvalue weighted by Gasteiger charge is -2.14. The molecular weight excluding hydrogens is 359 g/mol. The second kappa shape index (κ2) is 8.79. The molecule has 0 bridgehead atoms. The molecule has 0 spiro atoms. The summed E-state index contributed by atoms with van der Waals surface area (Å²) in [6, 6.07) is 5.93. The minimum absolute atomic E-state index is 0.0316. The van der Waals surface area contributed by atoms with Crippen molar-refractivity contribution in [3.05, 3.63) is 46.8 Å². The molecule has 2 aromatic rings. The van der Waals surface area contributed by atoms with Crippen LogP contribution < -0.4 is 15.4 Å². The number of ether oxygens (including phenoxy) is 1. The van der Waals surface area contributed by atoms with Crippen molar-refractivity contribution in [2.45, 2.75) is 26.1 Å². The fourth-order valence-corrected chi connectivity index (χ4v) is 2.72. The van der Waals surface area contributed by atoms with Gasteiger partial charge in [0.1, 0.15) is 5.75 Å². The zero-order valence-electron chi connectivity index (χ0n) is 15.8. The monoisotopic (exact) mass is 383 g/mol. The number of aromatic nitrogens is 2. The molecule has 0 radical (unpaired) electrons. The molecule has 0 aliphatic rings. The maximum absolute atomic E-state index is 13.0. The molecule has 6 nitrogen and oxygen atoms in total. The molecule has 2 rings (SSSR count). The lowest BCUT2D eigenvalue weighted by atomic mass is 10.1. The van der Waals surface area contributed by atoms with Gasteiger partial charge in [-0.3, -0.25) is 9.67 Å². The Morgan fingerprint density at radius 1 is 1.26 bits per heavy atom. The SMILES string of the molecule is CN=C(NCCc1cc(C)ccc1OC)NCc1cn(C)nc1C(F)(F)F. The number of halogens is 3. The number of aryl methyl sites for hydroxylation is 2. The van der Waals surface area contributed by atoms with E-state index in [0.29, 0.717) is 18.9 Å². The van der Waals surface area contributed by atoms with Crippen molar-refractivity contribution in [2.75, 3.05) is 20.7 Å². The second-order valence-corrected chi connectivity index (χ2v) is 6.09. The van der Waals surface area contributed by atoms with E-state index in [1.807, 2.05) is 25.1 Å². The minimum Gasteiger partial charge on any atom is -0.496 e. The molecule has 0 atom stereocenters. The Labute approximate surface area is 156 Å². The average Bonchev–Trinajstić information content (AvgIpc) is 2.99. The van der Waals surface area contributed by atoms with Crippen LogP contribution in [0, 0.1) is 6.92 Å². The van der Waals surface area contributed by atoms with Gasteiger partial charge in [0.25, 0.3) is 0 Å².